The fourth-order valence-corrected chi connectivity index (χ4v) is 6.35. The number of hydrogen-bond acceptors (Lipinski definition) is 1. The molecule has 0 N–H and O–H groups in total. The number of rotatable bonds is 4. The molecule has 0 saturated heterocycles. The molecular formula is C35H31BrO. The summed E-state index contributed by atoms with van der Waals surface area (Å²) in [4.78, 5) is 14.7. The first-order valence-corrected chi connectivity index (χ1v) is 13.7. The first kappa shape index (κ1) is 25.2. The van der Waals surface area contributed by atoms with Gasteiger partial charge in [0.2, 0.25) is 0 Å². The molecule has 1 nitrogen and oxygen atoms in total. The summed E-state index contributed by atoms with van der Waals surface area (Å²) >= 11 is 3.79. The zero-order valence-electron chi connectivity index (χ0n) is 21.8. The highest BCUT2D eigenvalue weighted by Gasteiger charge is 2.43. The van der Waals surface area contributed by atoms with Gasteiger partial charge in [-0.15, -0.1) is 0 Å². The number of hydrogen-bond donors (Lipinski definition) is 0. The summed E-state index contributed by atoms with van der Waals surface area (Å²) in [7, 11) is 0. The second-order valence-electron chi connectivity index (χ2n) is 10.1. The van der Waals surface area contributed by atoms with Gasteiger partial charge in [0.25, 0.3) is 0 Å². The molecule has 3 aromatic rings. The molecule has 37 heavy (non-hydrogen) atoms. The predicted molar refractivity (Wildman–Crippen MR) is 158 cm³/mol. The zero-order chi connectivity index (χ0) is 26.1. The van der Waals surface area contributed by atoms with Crippen LogP contribution in [0.3, 0.4) is 0 Å². The Balaban J connectivity index is 1.78. The lowest BCUT2D eigenvalue weighted by Crippen LogP contribution is -2.33. The lowest BCUT2D eigenvalue weighted by atomic mass is 9.63. The fourth-order valence-electron chi connectivity index (χ4n) is 5.82. The second-order valence-corrected chi connectivity index (χ2v) is 11.0. The highest BCUT2D eigenvalue weighted by atomic mass is 79.9. The number of halogens is 1. The quantitative estimate of drug-likeness (QED) is 0.298. The van der Waals surface area contributed by atoms with Gasteiger partial charge in [-0.05, 0) is 79.5 Å². The number of carbonyl (C=O) groups is 1. The molecule has 2 heteroatoms. The van der Waals surface area contributed by atoms with Crippen LogP contribution in [0.1, 0.15) is 56.7 Å². The van der Waals surface area contributed by atoms with Crippen LogP contribution in [-0.2, 0) is 4.79 Å². The third-order valence-corrected chi connectivity index (χ3v) is 8.84. The van der Waals surface area contributed by atoms with Gasteiger partial charge >= 0.3 is 0 Å². The van der Waals surface area contributed by atoms with E-state index in [2.05, 4.69) is 97.9 Å². The molecule has 3 unspecified atom stereocenters. The molecule has 0 saturated carbocycles. The van der Waals surface area contributed by atoms with Crippen LogP contribution in [0.25, 0.3) is 11.1 Å². The highest BCUT2D eigenvalue weighted by Crippen LogP contribution is 2.51. The van der Waals surface area contributed by atoms with Crippen LogP contribution in [0.2, 0.25) is 0 Å². The van der Waals surface area contributed by atoms with Crippen LogP contribution >= 0.6 is 15.9 Å². The van der Waals surface area contributed by atoms with E-state index in [1.54, 1.807) is 0 Å². The molecule has 5 rings (SSSR count). The van der Waals surface area contributed by atoms with Gasteiger partial charge in [0, 0.05) is 21.5 Å². The molecule has 0 spiro atoms. The Morgan fingerprint density at radius 3 is 2.08 bits per heavy atom. The fraction of sp³-hybridized carbons (Fsp3) is 0.229. The highest BCUT2D eigenvalue weighted by molar-refractivity contribution is 9.10. The molecule has 3 aromatic carbocycles. The van der Waals surface area contributed by atoms with Crippen LogP contribution in [0.15, 0.2) is 112 Å². The third-order valence-electron chi connectivity index (χ3n) is 8.15. The van der Waals surface area contributed by atoms with Crippen molar-refractivity contribution in [2.75, 3.05) is 0 Å². The molecule has 0 aliphatic heterocycles. The van der Waals surface area contributed by atoms with Gasteiger partial charge in [0.1, 0.15) is 0 Å². The molecule has 2 aliphatic rings. The van der Waals surface area contributed by atoms with E-state index >= 15 is 0 Å². The largest absolute Gasteiger partial charge is 0.293 e. The molecule has 0 heterocycles. The number of allylic oxidation sites excluding steroid dienone is 6. The van der Waals surface area contributed by atoms with Crippen LogP contribution in [0.4, 0.5) is 0 Å². The average molecular weight is 548 g/mol. The summed E-state index contributed by atoms with van der Waals surface area (Å²) in [5.74, 6) is 6.98. The smallest absolute Gasteiger partial charge is 0.171 e. The monoisotopic (exact) mass is 546 g/mol. The van der Waals surface area contributed by atoms with Crippen molar-refractivity contribution in [3.63, 3.8) is 0 Å². The van der Waals surface area contributed by atoms with Crippen molar-refractivity contribution in [2.24, 2.45) is 11.8 Å². The van der Waals surface area contributed by atoms with Crippen LogP contribution < -0.4 is 0 Å². The van der Waals surface area contributed by atoms with Gasteiger partial charge in [-0.3, -0.25) is 4.79 Å². The Kier molecular flexibility index (Phi) is 7.18. The number of carbonyl (C=O) groups excluding carboxylic acids is 1. The summed E-state index contributed by atoms with van der Waals surface area (Å²) in [6, 6.07) is 28.7. The van der Waals surface area contributed by atoms with E-state index in [1.165, 1.54) is 16.7 Å². The zero-order valence-corrected chi connectivity index (χ0v) is 23.4. The van der Waals surface area contributed by atoms with Crippen molar-refractivity contribution in [1.29, 1.82) is 0 Å². The first-order chi connectivity index (χ1) is 17.9. The van der Waals surface area contributed by atoms with Gasteiger partial charge in [-0.1, -0.05) is 112 Å². The van der Waals surface area contributed by atoms with Crippen molar-refractivity contribution in [3.05, 3.63) is 128 Å². The standard InChI is InChI=1S/C35H31BrO/c1-22-19-20-28(25(4)24(3)23(22)2)30-21-31(29-17-11-12-18-32(29)36)34(27-15-9-6-10-16-27)35(37)33(30)26-13-7-5-8-14-26/h5-18,28,30,33H,21H2,1-4H3. The summed E-state index contributed by atoms with van der Waals surface area (Å²) < 4.78 is 1.01. The van der Waals surface area contributed by atoms with Gasteiger partial charge < -0.3 is 0 Å². The molecule has 0 amide bonds. The Morgan fingerprint density at radius 2 is 1.41 bits per heavy atom. The van der Waals surface area contributed by atoms with Crippen LogP contribution in [0, 0.1) is 23.7 Å². The van der Waals surface area contributed by atoms with E-state index in [1.807, 2.05) is 42.5 Å². The minimum atomic E-state index is -0.275. The van der Waals surface area contributed by atoms with E-state index in [0.717, 1.165) is 44.3 Å². The minimum Gasteiger partial charge on any atom is -0.293 e. The Hall–Kier alpha value is -3.41. The van der Waals surface area contributed by atoms with Crippen molar-refractivity contribution >= 4 is 32.9 Å². The Labute approximate surface area is 229 Å². The molecule has 0 aromatic heterocycles. The molecule has 0 bridgehead atoms. The normalized spacial score (nSPS) is 22.1. The maximum Gasteiger partial charge on any atom is 0.171 e. The maximum atomic E-state index is 14.7. The van der Waals surface area contributed by atoms with Gasteiger partial charge in [0.15, 0.2) is 5.78 Å². The molecule has 0 fully saturated rings. The van der Waals surface area contributed by atoms with Crippen molar-refractivity contribution in [3.8, 4) is 11.8 Å². The number of Topliss-reactive ketones (excluding diaryl/α,β-unsaturated/α-hetero) is 1. The Morgan fingerprint density at radius 1 is 0.784 bits per heavy atom. The van der Waals surface area contributed by atoms with Crippen LogP contribution in [0.5, 0.6) is 0 Å². The van der Waals surface area contributed by atoms with Crippen molar-refractivity contribution in [2.45, 2.75) is 40.0 Å². The number of benzene rings is 3. The van der Waals surface area contributed by atoms with E-state index in [9.17, 15) is 4.79 Å². The summed E-state index contributed by atoms with van der Waals surface area (Å²) in [5.41, 5.74) is 9.95. The first-order valence-electron chi connectivity index (χ1n) is 12.9. The van der Waals surface area contributed by atoms with E-state index < -0.39 is 0 Å². The van der Waals surface area contributed by atoms with Crippen molar-refractivity contribution in [1.82, 2.24) is 0 Å². The molecule has 184 valence electrons. The van der Waals surface area contributed by atoms with E-state index in [0.29, 0.717) is 0 Å². The second kappa shape index (κ2) is 10.5. The molecule has 0 radical (unpaired) electrons. The Bertz CT molecular complexity index is 1510. The minimum absolute atomic E-state index is 0.0173. The molecular weight excluding hydrogens is 516 g/mol. The van der Waals surface area contributed by atoms with Crippen LogP contribution in [-0.4, -0.2) is 5.78 Å². The van der Waals surface area contributed by atoms with Gasteiger partial charge in [0.05, 0.1) is 5.92 Å². The summed E-state index contributed by atoms with van der Waals surface area (Å²) in [5, 5.41) is 0. The predicted octanol–water partition coefficient (Wildman–Crippen LogP) is 9.04. The van der Waals surface area contributed by atoms with Gasteiger partial charge in [-0.2, -0.15) is 0 Å². The van der Waals surface area contributed by atoms with Gasteiger partial charge in [-0.25, -0.2) is 0 Å². The average Bonchev–Trinajstić information content (AvgIpc) is 3.01. The molecule has 2 aliphatic carbocycles. The summed E-state index contributed by atoms with van der Waals surface area (Å²) in [6.45, 7) is 8.66. The third kappa shape index (κ3) is 4.70. The lowest BCUT2D eigenvalue weighted by molar-refractivity contribution is -0.116. The SMILES string of the molecule is CC1=C(C)C(C)=C(C)C(C2CC(c3ccccc3Br)=C(c3ccccc3)C(=O)C2c2ccccc2)C#C1. The summed E-state index contributed by atoms with van der Waals surface area (Å²) in [6.07, 6.45) is 0.764. The number of ketones is 1. The molecule has 3 atom stereocenters. The van der Waals surface area contributed by atoms with E-state index in [-0.39, 0.29) is 23.5 Å². The van der Waals surface area contributed by atoms with Crippen molar-refractivity contribution < 1.29 is 4.79 Å². The maximum absolute atomic E-state index is 14.7. The lowest BCUT2D eigenvalue weighted by Gasteiger charge is -2.38. The van der Waals surface area contributed by atoms with E-state index in [4.69, 9.17) is 0 Å². The topological polar surface area (TPSA) is 17.1 Å².